The van der Waals surface area contributed by atoms with E-state index in [4.69, 9.17) is 0 Å². The van der Waals surface area contributed by atoms with Crippen LogP contribution >= 0.6 is 11.8 Å². The molecule has 7 heteroatoms. The first-order valence-electron chi connectivity index (χ1n) is 9.91. The Morgan fingerprint density at radius 2 is 1.83 bits per heavy atom. The molecule has 1 aromatic carbocycles. The maximum atomic E-state index is 12.4. The van der Waals surface area contributed by atoms with Crippen molar-refractivity contribution in [3.05, 3.63) is 29.8 Å². The standard InChI is InChI=1S/C22H31N5OS/c1-8-27-19(16-9-11-17(12-10-16)21(4,5)6)25-26-20(27)29-13-18(28)24-22(7,14-23)15(2)3/h9-12,15H,8,13H2,1-7H3,(H,24,28). The molecule has 2 rings (SSSR count). The first-order chi connectivity index (χ1) is 13.5. The zero-order valence-corrected chi connectivity index (χ0v) is 19.2. The summed E-state index contributed by atoms with van der Waals surface area (Å²) >= 11 is 1.33. The molecule has 0 aliphatic carbocycles. The zero-order valence-electron chi connectivity index (χ0n) is 18.4. The Bertz CT molecular complexity index is 889. The fourth-order valence-corrected chi connectivity index (χ4v) is 3.57. The Morgan fingerprint density at radius 1 is 1.21 bits per heavy atom. The molecule has 0 fully saturated rings. The molecule has 1 unspecified atom stereocenters. The molecule has 0 bridgehead atoms. The number of thioether (sulfide) groups is 1. The van der Waals surface area contributed by atoms with E-state index in [2.05, 4.69) is 66.6 Å². The molecule has 2 aromatic rings. The second kappa shape index (κ2) is 9.00. The van der Waals surface area contributed by atoms with Gasteiger partial charge in [-0.05, 0) is 30.7 Å². The Labute approximate surface area is 178 Å². The number of amides is 1. The van der Waals surface area contributed by atoms with Gasteiger partial charge in [-0.2, -0.15) is 5.26 Å². The van der Waals surface area contributed by atoms with E-state index < -0.39 is 5.54 Å². The van der Waals surface area contributed by atoms with Gasteiger partial charge in [-0.15, -0.1) is 10.2 Å². The number of carbonyl (C=O) groups excluding carboxylic acids is 1. The lowest BCUT2D eigenvalue weighted by atomic mass is 9.87. The van der Waals surface area contributed by atoms with Crippen molar-refractivity contribution in [2.24, 2.45) is 5.92 Å². The minimum absolute atomic E-state index is 0.0171. The van der Waals surface area contributed by atoms with Crippen LogP contribution in [-0.2, 0) is 16.8 Å². The van der Waals surface area contributed by atoms with Gasteiger partial charge >= 0.3 is 0 Å². The second-order valence-electron chi connectivity index (χ2n) is 8.68. The van der Waals surface area contributed by atoms with E-state index in [1.165, 1.54) is 17.3 Å². The molecule has 1 heterocycles. The third-order valence-electron chi connectivity index (χ3n) is 5.16. The van der Waals surface area contributed by atoms with Gasteiger partial charge in [0.15, 0.2) is 11.0 Å². The van der Waals surface area contributed by atoms with Crippen LogP contribution in [0.4, 0.5) is 0 Å². The van der Waals surface area contributed by atoms with Crippen LogP contribution in [-0.4, -0.2) is 32.0 Å². The fourth-order valence-electron chi connectivity index (χ4n) is 2.77. The number of nitrogens with one attached hydrogen (secondary N) is 1. The predicted octanol–water partition coefficient (Wildman–Crippen LogP) is 4.41. The minimum atomic E-state index is -0.879. The molecule has 1 amide bonds. The Hall–Kier alpha value is -2.33. The number of hydrogen-bond acceptors (Lipinski definition) is 5. The van der Waals surface area contributed by atoms with Gasteiger partial charge < -0.3 is 9.88 Å². The quantitative estimate of drug-likeness (QED) is 0.680. The highest BCUT2D eigenvalue weighted by molar-refractivity contribution is 7.99. The van der Waals surface area contributed by atoms with Crippen LogP contribution < -0.4 is 5.32 Å². The van der Waals surface area contributed by atoms with Crippen molar-refractivity contribution >= 4 is 17.7 Å². The first kappa shape index (κ1) is 23.0. The maximum absolute atomic E-state index is 12.4. The van der Waals surface area contributed by atoms with Crippen molar-refractivity contribution < 1.29 is 4.79 Å². The largest absolute Gasteiger partial charge is 0.337 e. The fraction of sp³-hybridized carbons (Fsp3) is 0.545. The van der Waals surface area contributed by atoms with Crippen molar-refractivity contribution in [2.75, 3.05) is 5.75 Å². The van der Waals surface area contributed by atoms with Crippen LogP contribution in [0.25, 0.3) is 11.4 Å². The average molecular weight is 414 g/mol. The van der Waals surface area contributed by atoms with E-state index >= 15 is 0 Å². The number of nitriles is 1. The highest BCUT2D eigenvalue weighted by Crippen LogP contribution is 2.27. The minimum Gasteiger partial charge on any atom is -0.337 e. The third-order valence-corrected chi connectivity index (χ3v) is 6.13. The maximum Gasteiger partial charge on any atom is 0.231 e. The summed E-state index contributed by atoms with van der Waals surface area (Å²) in [5, 5.41) is 21.5. The second-order valence-corrected chi connectivity index (χ2v) is 9.63. The lowest BCUT2D eigenvalue weighted by Gasteiger charge is -2.27. The lowest BCUT2D eigenvalue weighted by molar-refractivity contribution is -0.120. The van der Waals surface area contributed by atoms with Gasteiger partial charge in [0, 0.05) is 12.1 Å². The molecule has 0 aliphatic rings. The lowest BCUT2D eigenvalue weighted by Crippen LogP contribution is -2.49. The van der Waals surface area contributed by atoms with Gasteiger partial charge in [0.2, 0.25) is 5.91 Å². The number of carbonyl (C=O) groups is 1. The van der Waals surface area contributed by atoms with Crippen molar-refractivity contribution in [1.29, 1.82) is 5.26 Å². The highest BCUT2D eigenvalue weighted by atomic mass is 32.2. The summed E-state index contributed by atoms with van der Waals surface area (Å²) in [6.07, 6.45) is 0. The number of rotatable bonds is 7. The normalized spacial score (nSPS) is 13.8. The number of hydrogen-bond donors (Lipinski definition) is 1. The van der Waals surface area contributed by atoms with Gasteiger partial charge in [0.05, 0.1) is 11.8 Å². The summed E-state index contributed by atoms with van der Waals surface area (Å²) in [5.41, 5.74) is 1.48. The van der Waals surface area contributed by atoms with E-state index in [0.717, 1.165) is 11.4 Å². The van der Waals surface area contributed by atoms with Gasteiger partial charge in [-0.1, -0.05) is 70.6 Å². The molecular weight excluding hydrogens is 382 g/mol. The molecule has 0 radical (unpaired) electrons. The highest BCUT2D eigenvalue weighted by Gasteiger charge is 2.30. The average Bonchev–Trinajstić information content (AvgIpc) is 3.08. The topological polar surface area (TPSA) is 83.6 Å². The molecule has 0 saturated carbocycles. The van der Waals surface area contributed by atoms with E-state index in [-0.39, 0.29) is 23.0 Å². The smallest absolute Gasteiger partial charge is 0.231 e. The summed E-state index contributed by atoms with van der Waals surface area (Å²) in [4.78, 5) is 12.4. The van der Waals surface area contributed by atoms with Crippen molar-refractivity contribution in [3.8, 4) is 17.5 Å². The van der Waals surface area contributed by atoms with Gasteiger partial charge in [-0.3, -0.25) is 4.79 Å². The van der Waals surface area contributed by atoms with Gasteiger partial charge in [-0.25, -0.2) is 0 Å². The molecule has 6 nitrogen and oxygen atoms in total. The number of aromatic nitrogens is 3. The number of benzene rings is 1. The molecule has 1 N–H and O–H groups in total. The predicted molar refractivity (Wildman–Crippen MR) is 118 cm³/mol. The van der Waals surface area contributed by atoms with Crippen LogP contribution in [0.3, 0.4) is 0 Å². The Kier molecular flexibility index (Phi) is 7.12. The van der Waals surface area contributed by atoms with E-state index in [0.29, 0.717) is 11.7 Å². The summed E-state index contributed by atoms with van der Waals surface area (Å²) in [6.45, 7) is 14.9. The van der Waals surface area contributed by atoms with Crippen LogP contribution in [0.2, 0.25) is 0 Å². The Balaban J connectivity index is 2.14. The molecule has 156 valence electrons. The van der Waals surface area contributed by atoms with Crippen LogP contribution in [0.15, 0.2) is 29.4 Å². The molecule has 1 atom stereocenters. The molecular formula is C22H31N5OS. The summed E-state index contributed by atoms with van der Waals surface area (Å²) in [6, 6.07) is 10.6. The van der Waals surface area contributed by atoms with E-state index in [1.54, 1.807) is 6.92 Å². The van der Waals surface area contributed by atoms with Crippen LogP contribution in [0.1, 0.15) is 54.0 Å². The van der Waals surface area contributed by atoms with Crippen molar-refractivity contribution in [1.82, 2.24) is 20.1 Å². The van der Waals surface area contributed by atoms with Gasteiger partial charge in [0.1, 0.15) is 5.54 Å². The monoisotopic (exact) mass is 413 g/mol. The summed E-state index contributed by atoms with van der Waals surface area (Å²) in [7, 11) is 0. The molecule has 0 saturated heterocycles. The zero-order chi connectivity index (χ0) is 21.8. The van der Waals surface area contributed by atoms with Crippen LogP contribution in [0, 0.1) is 17.2 Å². The molecule has 0 aliphatic heterocycles. The molecule has 29 heavy (non-hydrogen) atoms. The van der Waals surface area contributed by atoms with Crippen molar-refractivity contribution in [2.45, 2.75) is 71.1 Å². The number of nitrogens with zero attached hydrogens (tertiary/aromatic N) is 4. The third kappa shape index (κ3) is 5.39. The molecule has 0 spiro atoms. The van der Waals surface area contributed by atoms with E-state index in [9.17, 15) is 10.1 Å². The van der Waals surface area contributed by atoms with Crippen molar-refractivity contribution in [3.63, 3.8) is 0 Å². The van der Waals surface area contributed by atoms with Crippen LogP contribution in [0.5, 0.6) is 0 Å². The first-order valence-corrected chi connectivity index (χ1v) is 10.9. The van der Waals surface area contributed by atoms with E-state index in [1.807, 2.05) is 25.3 Å². The summed E-state index contributed by atoms with van der Waals surface area (Å²) < 4.78 is 2.01. The summed E-state index contributed by atoms with van der Waals surface area (Å²) in [5.74, 6) is 0.809. The van der Waals surface area contributed by atoms with Gasteiger partial charge in [0.25, 0.3) is 0 Å². The Morgan fingerprint density at radius 3 is 2.31 bits per heavy atom. The SMILES string of the molecule is CCn1c(SCC(=O)NC(C)(C#N)C(C)C)nnc1-c1ccc(C(C)(C)C)cc1. The molecule has 1 aromatic heterocycles.